The van der Waals surface area contributed by atoms with E-state index in [0.29, 0.717) is 23.7 Å². The summed E-state index contributed by atoms with van der Waals surface area (Å²) in [5.41, 5.74) is 5.42. The van der Waals surface area contributed by atoms with Crippen LogP contribution in [0, 0.1) is 11.8 Å². The molecule has 0 aliphatic carbocycles. The van der Waals surface area contributed by atoms with Crippen LogP contribution < -0.4 is 10.5 Å². The molecule has 0 aliphatic rings. The van der Waals surface area contributed by atoms with Crippen LogP contribution in [0.3, 0.4) is 0 Å². The van der Waals surface area contributed by atoms with Crippen LogP contribution in [0.5, 0.6) is 0 Å². The fraction of sp³-hybridized carbons (Fsp3) is 0.400. The van der Waals surface area contributed by atoms with Crippen molar-refractivity contribution in [1.29, 1.82) is 0 Å². The third-order valence-electron chi connectivity index (χ3n) is 1.82. The second-order valence-electron chi connectivity index (χ2n) is 3.00. The van der Waals surface area contributed by atoms with Gasteiger partial charge < -0.3 is 5.73 Å². The molecule has 0 saturated carbocycles. The molecule has 16 heavy (non-hydrogen) atoms. The molecule has 0 aliphatic heterocycles. The van der Waals surface area contributed by atoms with Crippen LogP contribution in [-0.2, 0) is 16.6 Å². The van der Waals surface area contributed by atoms with Gasteiger partial charge in [0.2, 0.25) is 10.0 Å². The molecule has 0 radical (unpaired) electrons. The predicted octanol–water partition coefficient (Wildman–Crippen LogP) is 0.899. The van der Waals surface area contributed by atoms with E-state index < -0.39 is 10.0 Å². The van der Waals surface area contributed by atoms with E-state index in [1.165, 1.54) is 11.3 Å². The van der Waals surface area contributed by atoms with Crippen LogP contribution >= 0.6 is 11.3 Å². The van der Waals surface area contributed by atoms with E-state index in [0.717, 1.165) is 4.88 Å². The molecule has 1 aromatic rings. The Morgan fingerprint density at radius 3 is 2.81 bits per heavy atom. The van der Waals surface area contributed by atoms with Crippen molar-refractivity contribution in [2.75, 3.05) is 6.54 Å². The van der Waals surface area contributed by atoms with Crippen molar-refractivity contribution in [2.24, 2.45) is 5.73 Å². The molecule has 6 heteroatoms. The van der Waals surface area contributed by atoms with E-state index in [4.69, 9.17) is 5.73 Å². The van der Waals surface area contributed by atoms with Gasteiger partial charge in [-0.15, -0.1) is 23.2 Å². The van der Waals surface area contributed by atoms with Gasteiger partial charge in [0, 0.05) is 24.4 Å². The first-order chi connectivity index (χ1) is 7.60. The Labute approximate surface area is 99.9 Å². The second kappa shape index (κ2) is 6.01. The molecule has 0 unspecified atom stereocenters. The summed E-state index contributed by atoms with van der Waals surface area (Å²) in [6, 6.07) is 3.30. The highest BCUT2D eigenvalue weighted by molar-refractivity contribution is 7.91. The van der Waals surface area contributed by atoms with Gasteiger partial charge in [0.1, 0.15) is 4.21 Å². The Bertz CT molecular complexity index is 494. The highest BCUT2D eigenvalue weighted by Crippen LogP contribution is 2.20. The van der Waals surface area contributed by atoms with E-state index in [-0.39, 0.29) is 0 Å². The average molecular weight is 258 g/mol. The number of hydrogen-bond acceptors (Lipinski definition) is 4. The minimum atomic E-state index is -3.38. The quantitative estimate of drug-likeness (QED) is 0.609. The summed E-state index contributed by atoms with van der Waals surface area (Å²) in [5.74, 6) is 5.50. The standard InChI is InChI=1S/C10H14N2O2S2/c1-2-3-4-7-12-16(13,14)10-6-5-9(8-11)15-10/h5-6,12H,4,7-8,11H2,1H3. The fourth-order valence-corrected chi connectivity index (χ4v) is 3.37. The lowest BCUT2D eigenvalue weighted by molar-refractivity contribution is 0.584. The Balaban J connectivity index is 2.65. The Hall–Kier alpha value is -0.870. The number of thiophene rings is 1. The third kappa shape index (κ3) is 3.61. The minimum absolute atomic E-state index is 0.303. The summed E-state index contributed by atoms with van der Waals surface area (Å²) >= 11 is 1.19. The van der Waals surface area contributed by atoms with Gasteiger partial charge in [-0.25, -0.2) is 13.1 Å². The molecule has 1 heterocycles. The molecule has 0 amide bonds. The van der Waals surface area contributed by atoms with Gasteiger partial charge in [-0.3, -0.25) is 0 Å². The van der Waals surface area contributed by atoms with Crippen molar-refractivity contribution in [3.8, 4) is 11.8 Å². The van der Waals surface area contributed by atoms with E-state index in [1.54, 1.807) is 19.1 Å². The fourth-order valence-electron chi connectivity index (χ4n) is 1.06. The summed E-state index contributed by atoms with van der Waals surface area (Å²) in [4.78, 5) is 0.855. The summed E-state index contributed by atoms with van der Waals surface area (Å²) in [6.45, 7) is 2.42. The van der Waals surface area contributed by atoms with Crippen molar-refractivity contribution in [1.82, 2.24) is 4.72 Å². The van der Waals surface area contributed by atoms with Crippen molar-refractivity contribution in [2.45, 2.75) is 24.1 Å². The minimum Gasteiger partial charge on any atom is -0.326 e. The molecule has 0 aromatic carbocycles. The summed E-state index contributed by atoms with van der Waals surface area (Å²) in [5, 5.41) is 0. The maximum absolute atomic E-state index is 11.7. The lowest BCUT2D eigenvalue weighted by Gasteiger charge is -2.01. The number of sulfonamides is 1. The van der Waals surface area contributed by atoms with Crippen LogP contribution in [0.25, 0.3) is 0 Å². The predicted molar refractivity (Wildman–Crippen MR) is 65.5 cm³/mol. The van der Waals surface area contributed by atoms with E-state index in [2.05, 4.69) is 16.6 Å². The monoisotopic (exact) mass is 258 g/mol. The molecular formula is C10H14N2O2S2. The Morgan fingerprint density at radius 1 is 1.50 bits per heavy atom. The van der Waals surface area contributed by atoms with Gasteiger partial charge in [-0.1, -0.05) is 0 Å². The van der Waals surface area contributed by atoms with Crippen molar-refractivity contribution in [3.63, 3.8) is 0 Å². The first kappa shape index (κ1) is 13.2. The van der Waals surface area contributed by atoms with Crippen LogP contribution in [0.15, 0.2) is 16.3 Å². The highest BCUT2D eigenvalue weighted by atomic mass is 32.2. The zero-order valence-corrected chi connectivity index (χ0v) is 10.6. The van der Waals surface area contributed by atoms with Crippen molar-refractivity contribution < 1.29 is 8.42 Å². The number of nitrogens with one attached hydrogen (secondary N) is 1. The summed E-state index contributed by atoms with van der Waals surface area (Å²) in [7, 11) is -3.38. The largest absolute Gasteiger partial charge is 0.326 e. The molecule has 1 rings (SSSR count). The van der Waals surface area contributed by atoms with Crippen LogP contribution in [-0.4, -0.2) is 15.0 Å². The molecule has 0 atom stereocenters. The zero-order valence-electron chi connectivity index (χ0n) is 8.99. The summed E-state index contributed by atoms with van der Waals surface area (Å²) in [6.07, 6.45) is 0.519. The SMILES string of the molecule is CC#CCCNS(=O)(=O)c1ccc(CN)s1. The molecule has 0 bridgehead atoms. The molecule has 1 aromatic heterocycles. The van der Waals surface area contributed by atoms with Gasteiger partial charge >= 0.3 is 0 Å². The molecule has 0 spiro atoms. The maximum atomic E-state index is 11.7. The molecule has 0 fully saturated rings. The van der Waals surface area contributed by atoms with E-state index in [1.807, 2.05) is 0 Å². The lowest BCUT2D eigenvalue weighted by Crippen LogP contribution is -2.23. The first-order valence-corrected chi connectivity index (χ1v) is 7.08. The number of rotatable bonds is 5. The van der Waals surface area contributed by atoms with E-state index >= 15 is 0 Å². The van der Waals surface area contributed by atoms with Gasteiger partial charge in [-0.2, -0.15) is 0 Å². The first-order valence-electron chi connectivity index (χ1n) is 4.78. The molecule has 88 valence electrons. The topological polar surface area (TPSA) is 72.2 Å². The van der Waals surface area contributed by atoms with Gasteiger partial charge in [-0.05, 0) is 19.1 Å². The summed E-state index contributed by atoms with van der Waals surface area (Å²) < 4.78 is 26.3. The molecule has 0 saturated heterocycles. The van der Waals surface area contributed by atoms with Crippen LogP contribution in [0.1, 0.15) is 18.2 Å². The molecule has 4 nitrogen and oxygen atoms in total. The third-order valence-corrected chi connectivity index (χ3v) is 4.88. The molecule has 3 N–H and O–H groups in total. The van der Waals surface area contributed by atoms with Crippen LogP contribution in [0.4, 0.5) is 0 Å². The normalized spacial score (nSPS) is 10.9. The maximum Gasteiger partial charge on any atom is 0.250 e. The smallest absolute Gasteiger partial charge is 0.250 e. The second-order valence-corrected chi connectivity index (χ2v) is 6.16. The average Bonchev–Trinajstić information content (AvgIpc) is 2.73. The number of nitrogens with two attached hydrogens (primary N) is 1. The van der Waals surface area contributed by atoms with Gasteiger partial charge in [0.15, 0.2) is 0 Å². The lowest BCUT2D eigenvalue weighted by atomic mass is 10.4. The highest BCUT2D eigenvalue weighted by Gasteiger charge is 2.15. The van der Waals surface area contributed by atoms with Crippen molar-refractivity contribution >= 4 is 21.4 Å². The van der Waals surface area contributed by atoms with Gasteiger partial charge in [0.25, 0.3) is 0 Å². The Kier molecular flexibility index (Phi) is 4.96. The van der Waals surface area contributed by atoms with Crippen molar-refractivity contribution in [3.05, 3.63) is 17.0 Å². The molecular weight excluding hydrogens is 244 g/mol. The number of hydrogen-bond donors (Lipinski definition) is 2. The van der Waals surface area contributed by atoms with Crippen LogP contribution in [0.2, 0.25) is 0 Å². The zero-order chi connectivity index (χ0) is 12.0. The van der Waals surface area contributed by atoms with E-state index in [9.17, 15) is 8.42 Å². The van der Waals surface area contributed by atoms with Gasteiger partial charge in [0.05, 0.1) is 0 Å². The Morgan fingerprint density at radius 2 is 2.25 bits per heavy atom.